The van der Waals surface area contributed by atoms with Gasteiger partial charge in [-0.1, -0.05) is 11.6 Å². The molecular formula is C26H31ClN4O. The van der Waals surface area contributed by atoms with Crippen molar-refractivity contribution in [3.63, 3.8) is 0 Å². The Morgan fingerprint density at radius 2 is 1.81 bits per heavy atom. The molecule has 168 valence electrons. The van der Waals surface area contributed by atoms with E-state index in [1.165, 1.54) is 23.8 Å². The van der Waals surface area contributed by atoms with Crippen LogP contribution in [-0.4, -0.2) is 46.5 Å². The van der Waals surface area contributed by atoms with Crippen LogP contribution in [0.5, 0.6) is 0 Å². The highest BCUT2D eigenvalue weighted by molar-refractivity contribution is 6.30. The number of aromatic nitrogens is 2. The Balaban J connectivity index is 1.27. The minimum Gasteiger partial charge on any atom is -0.343 e. The number of pyridine rings is 1. The number of rotatable bonds is 5. The zero-order valence-electron chi connectivity index (χ0n) is 18.5. The van der Waals surface area contributed by atoms with Gasteiger partial charge in [-0.15, -0.1) is 0 Å². The largest absolute Gasteiger partial charge is 0.343 e. The van der Waals surface area contributed by atoms with Gasteiger partial charge < -0.3 is 14.8 Å². The zero-order chi connectivity index (χ0) is 21.9. The summed E-state index contributed by atoms with van der Waals surface area (Å²) in [4.78, 5) is 19.3. The van der Waals surface area contributed by atoms with Gasteiger partial charge in [0.1, 0.15) is 0 Å². The first-order chi connectivity index (χ1) is 15.7. The average Bonchev–Trinajstić information content (AvgIpc) is 3.23. The van der Waals surface area contributed by atoms with Gasteiger partial charge in [0, 0.05) is 48.0 Å². The molecule has 0 atom stereocenters. The lowest BCUT2D eigenvalue weighted by Gasteiger charge is -2.32. The lowest BCUT2D eigenvalue weighted by molar-refractivity contribution is -0.132. The molecule has 0 bridgehead atoms. The molecule has 5 rings (SSSR count). The van der Waals surface area contributed by atoms with Gasteiger partial charge in [0.05, 0.1) is 11.7 Å². The molecule has 2 saturated heterocycles. The molecule has 0 radical (unpaired) electrons. The average molecular weight is 451 g/mol. The Morgan fingerprint density at radius 3 is 2.56 bits per heavy atom. The summed E-state index contributed by atoms with van der Waals surface area (Å²) in [5.74, 6) is 1.52. The fraction of sp³-hybridized carbons (Fsp3) is 0.462. The van der Waals surface area contributed by atoms with Crippen LogP contribution in [0.15, 0.2) is 48.9 Å². The minimum atomic E-state index is 0.342. The van der Waals surface area contributed by atoms with E-state index in [2.05, 4.69) is 32.0 Å². The normalized spacial score (nSPS) is 18.3. The number of carbonyl (C=O) groups is 1. The second kappa shape index (κ2) is 9.63. The number of fused-ring (bicyclic) bond motifs is 1. The number of likely N-dealkylation sites (tertiary alicyclic amines) is 1. The van der Waals surface area contributed by atoms with Gasteiger partial charge in [0.15, 0.2) is 0 Å². The fourth-order valence-corrected chi connectivity index (χ4v) is 5.46. The van der Waals surface area contributed by atoms with Crippen LogP contribution in [0.25, 0.3) is 16.6 Å². The molecule has 4 heterocycles. The molecule has 2 aromatic heterocycles. The summed E-state index contributed by atoms with van der Waals surface area (Å²) < 4.78 is 2.21. The quantitative estimate of drug-likeness (QED) is 0.583. The van der Waals surface area contributed by atoms with Crippen molar-refractivity contribution >= 4 is 28.4 Å². The van der Waals surface area contributed by atoms with Crippen LogP contribution in [0, 0.1) is 5.92 Å². The van der Waals surface area contributed by atoms with E-state index in [4.69, 9.17) is 11.6 Å². The molecule has 0 unspecified atom stereocenters. The summed E-state index contributed by atoms with van der Waals surface area (Å²) in [6.45, 7) is 3.91. The molecule has 0 aliphatic carbocycles. The Morgan fingerprint density at radius 1 is 1.06 bits per heavy atom. The molecule has 6 heteroatoms. The first kappa shape index (κ1) is 21.5. The minimum absolute atomic E-state index is 0.342. The van der Waals surface area contributed by atoms with Crippen LogP contribution in [0.1, 0.15) is 50.0 Å². The van der Waals surface area contributed by atoms with E-state index in [0.717, 1.165) is 61.7 Å². The molecule has 1 N–H and O–H groups in total. The number of benzene rings is 1. The van der Waals surface area contributed by atoms with Gasteiger partial charge in [0.2, 0.25) is 5.91 Å². The summed E-state index contributed by atoms with van der Waals surface area (Å²) in [6, 6.07) is 10.1. The van der Waals surface area contributed by atoms with Crippen molar-refractivity contribution in [2.75, 3.05) is 26.2 Å². The highest BCUT2D eigenvalue weighted by Gasteiger charge is 2.27. The Bertz CT molecular complexity index is 1060. The molecule has 5 nitrogen and oxygen atoms in total. The van der Waals surface area contributed by atoms with Gasteiger partial charge >= 0.3 is 0 Å². The van der Waals surface area contributed by atoms with Gasteiger partial charge in [-0.05, 0) is 92.9 Å². The number of nitrogens with zero attached hydrogens (tertiary/aromatic N) is 3. The molecule has 3 aromatic rings. The lowest BCUT2D eigenvalue weighted by atomic mass is 9.89. The second-order valence-corrected chi connectivity index (χ2v) is 9.65. The van der Waals surface area contributed by atoms with E-state index in [1.54, 1.807) is 0 Å². The van der Waals surface area contributed by atoms with E-state index in [9.17, 15) is 4.79 Å². The number of carbonyl (C=O) groups excluding carboxylic acids is 1. The van der Waals surface area contributed by atoms with Crippen LogP contribution in [0.3, 0.4) is 0 Å². The summed E-state index contributed by atoms with van der Waals surface area (Å²) in [5, 5.41) is 5.40. The number of piperidine rings is 2. The number of hydrogen-bond acceptors (Lipinski definition) is 3. The number of halogens is 1. The van der Waals surface area contributed by atoms with Crippen LogP contribution >= 0.6 is 11.6 Å². The van der Waals surface area contributed by atoms with Crippen molar-refractivity contribution in [3.05, 3.63) is 59.5 Å². The van der Waals surface area contributed by atoms with Gasteiger partial charge in [0.25, 0.3) is 0 Å². The third-order valence-corrected chi connectivity index (χ3v) is 7.51. The van der Waals surface area contributed by atoms with Gasteiger partial charge in [-0.3, -0.25) is 9.78 Å². The van der Waals surface area contributed by atoms with Gasteiger partial charge in [-0.25, -0.2) is 0 Å². The van der Waals surface area contributed by atoms with Crippen molar-refractivity contribution in [1.82, 2.24) is 19.8 Å². The van der Waals surface area contributed by atoms with Crippen LogP contribution < -0.4 is 5.32 Å². The SMILES string of the molecule is O=C(CCC1CCNCC1)N1CCC(c2cn(-c3ccc(Cl)cc3)c3cnccc23)CC1. The van der Waals surface area contributed by atoms with Gasteiger partial charge in [-0.2, -0.15) is 0 Å². The van der Waals surface area contributed by atoms with Crippen molar-refractivity contribution in [1.29, 1.82) is 0 Å². The van der Waals surface area contributed by atoms with Crippen LogP contribution in [0.2, 0.25) is 5.02 Å². The Hall–Kier alpha value is -2.37. The summed E-state index contributed by atoms with van der Waals surface area (Å²) in [5.41, 5.74) is 3.56. The lowest BCUT2D eigenvalue weighted by Crippen LogP contribution is -2.38. The maximum atomic E-state index is 12.8. The molecule has 0 saturated carbocycles. The molecule has 1 aromatic carbocycles. The zero-order valence-corrected chi connectivity index (χ0v) is 19.2. The van der Waals surface area contributed by atoms with Crippen molar-refractivity contribution in [3.8, 4) is 5.69 Å². The third kappa shape index (κ3) is 4.55. The fourth-order valence-electron chi connectivity index (χ4n) is 5.34. The van der Waals surface area contributed by atoms with E-state index in [0.29, 0.717) is 24.2 Å². The molecule has 32 heavy (non-hydrogen) atoms. The van der Waals surface area contributed by atoms with E-state index < -0.39 is 0 Å². The summed E-state index contributed by atoms with van der Waals surface area (Å²) >= 11 is 6.09. The van der Waals surface area contributed by atoms with Crippen LogP contribution in [0.4, 0.5) is 0 Å². The number of amides is 1. The van der Waals surface area contributed by atoms with Crippen molar-refractivity contribution in [2.45, 2.75) is 44.4 Å². The second-order valence-electron chi connectivity index (χ2n) is 9.21. The standard InChI is InChI=1S/C26H31ClN4O/c27-21-2-4-22(5-3-21)31-18-24(23-9-14-29-17-25(23)31)20-10-15-30(16-11-20)26(32)6-1-19-7-12-28-13-8-19/h2-5,9,14,17-20,28H,1,6-8,10-13,15-16H2. The number of nitrogens with one attached hydrogen (secondary N) is 1. The first-order valence-electron chi connectivity index (χ1n) is 11.9. The first-order valence-corrected chi connectivity index (χ1v) is 12.3. The summed E-state index contributed by atoms with van der Waals surface area (Å²) in [6.07, 6.45) is 12.3. The van der Waals surface area contributed by atoms with E-state index in [1.807, 2.05) is 36.7 Å². The van der Waals surface area contributed by atoms with Crippen molar-refractivity contribution < 1.29 is 4.79 Å². The van der Waals surface area contributed by atoms with E-state index in [-0.39, 0.29) is 0 Å². The number of hydrogen-bond donors (Lipinski definition) is 1. The molecule has 2 aliphatic heterocycles. The smallest absolute Gasteiger partial charge is 0.222 e. The topological polar surface area (TPSA) is 50.2 Å². The maximum Gasteiger partial charge on any atom is 0.222 e. The monoisotopic (exact) mass is 450 g/mol. The summed E-state index contributed by atoms with van der Waals surface area (Å²) in [7, 11) is 0. The van der Waals surface area contributed by atoms with Crippen molar-refractivity contribution in [2.24, 2.45) is 5.92 Å². The third-order valence-electron chi connectivity index (χ3n) is 7.26. The predicted molar refractivity (Wildman–Crippen MR) is 129 cm³/mol. The Kier molecular flexibility index (Phi) is 6.47. The molecule has 2 fully saturated rings. The maximum absolute atomic E-state index is 12.8. The molecule has 1 amide bonds. The predicted octanol–water partition coefficient (Wildman–Crippen LogP) is 5.16. The Labute approximate surface area is 194 Å². The molecular weight excluding hydrogens is 420 g/mol. The molecule has 0 spiro atoms. The van der Waals surface area contributed by atoms with Crippen LogP contribution in [-0.2, 0) is 4.79 Å². The highest BCUT2D eigenvalue weighted by atomic mass is 35.5. The molecule has 2 aliphatic rings. The highest BCUT2D eigenvalue weighted by Crippen LogP contribution is 2.36. The van der Waals surface area contributed by atoms with E-state index >= 15 is 0 Å².